The number of methoxy groups -OCH3 is 3. The molecule has 10 heteroatoms. The molecule has 4 aromatic carbocycles. The van der Waals surface area contributed by atoms with Crippen molar-refractivity contribution >= 4 is 33.8 Å². The predicted molar refractivity (Wildman–Crippen MR) is 151 cm³/mol. The Hall–Kier alpha value is -5.25. The minimum Gasteiger partial charge on any atom is -0.493 e. The molecule has 0 N–H and O–H groups in total. The van der Waals surface area contributed by atoms with Crippen LogP contribution in [0.3, 0.4) is 0 Å². The number of halogens is 3. The second kappa shape index (κ2) is 11.3. The van der Waals surface area contributed by atoms with Crippen LogP contribution in [0.4, 0.5) is 13.2 Å². The van der Waals surface area contributed by atoms with Gasteiger partial charge in [0.2, 0.25) is 16.9 Å². The number of hydrogen-bond donors (Lipinski definition) is 0. The van der Waals surface area contributed by atoms with Gasteiger partial charge in [-0.15, -0.1) is 0 Å². The summed E-state index contributed by atoms with van der Waals surface area (Å²) in [5.41, 5.74) is -1.20. The quantitative estimate of drug-likeness (QED) is 0.114. The molecule has 0 amide bonds. The molecule has 0 unspecified atom stereocenters. The van der Waals surface area contributed by atoms with Crippen LogP contribution in [-0.4, -0.2) is 27.3 Å². The standard InChI is InChI=1S/C32H23F3O7/c1-38-25-15-18(16-26(39-2)30(25)40-3)11-14-27(36)41-20-12-13-23-24(17-20)42-31(32(33,34)35)28(29(23)37)22-10-6-8-19-7-4-5-9-21(19)22/h4-17H,1-3H3/b14-11+. The van der Waals surface area contributed by atoms with E-state index in [-0.39, 0.29) is 22.3 Å². The molecule has 5 rings (SSSR count). The molecule has 0 aliphatic rings. The first-order chi connectivity index (χ1) is 20.1. The zero-order valence-corrected chi connectivity index (χ0v) is 22.6. The summed E-state index contributed by atoms with van der Waals surface area (Å²) in [5, 5.41) is 1.05. The van der Waals surface area contributed by atoms with Crippen molar-refractivity contribution in [1.82, 2.24) is 0 Å². The Balaban J connectivity index is 1.51. The Bertz CT molecular complexity index is 1870. The van der Waals surface area contributed by atoms with Gasteiger partial charge in [-0.05, 0) is 52.2 Å². The fourth-order valence-electron chi connectivity index (χ4n) is 4.64. The van der Waals surface area contributed by atoms with E-state index in [1.54, 1.807) is 48.5 Å². The Morgan fingerprint density at radius 3 is 2.19 bits per heavy atom. The molecule has 42 heavy (non-hydrogen) atoms. The van der Waals surface area contributed by atoms with Gasteiger partial charge in [-0.1, -0.05) is 42.5 Å². The lowest BCUT2D eigenvalue weighted by molar-refractivity contribution is -0.152. The molecule has 0 atom stereocenters. The van der Waals surface area contributed by atoms with Crippen molar-refractivity contribution in [2.24, 2.45) is 0 Å². The number of esters is 1. The number of benzene rings is 4. The maximum Gasteiger partial charge on any atom is 0.450 e. The lowest BCUT2D eigenvalue weighted by atomic mass is 9.96. The lowest BCUT2D eigenvalue weighted by Crippen LogP contribution is -2.16. The first-order valence-electron chi connectivity index (χ1n) is 12.5. The minimum atomic E-state index is -4.98. The smallest absolute Gasteiger partial charge is 0.450 e. The topological polar surface area (TPSA) is 84.2 Å². The predicted octanol–water partition coefficient (Wildman–Crippen LogP) is 7.28. The second-order valence-electron chi connectivity index (χ2n) is 9.03. The van der Waals surface area contributed by atoms with Crippen molar-refractivity contribution in [1.29, 1.82) is 0 Å². The SMILES string of the molecule is COc1cc(/C=C/C(=O)Oc2ccc3c(=O)c(-c4cccc5ccccc45)c(C(F)(F)F)oc3c2)cc(OC)c1OC. The summed E-state index contributed by atoms with van der Waals surface area (Å²) in [6.07, 6.45) is -2.42. The van der Waals surface area contributed by atoms with Gasteiger partial charge >= 0.3 is 12.1 Å². The first-order valence-corrected chi connectivity index (χ1v) is 12.5. The van der Waals surface area contributed by atoms with Crippen LogP contribution in [0.1, 0.15) is 11.3 Å². The highest BCUT2D eigenvalue weighted by atomic mass is 19.4. The highest BCUT2D eigenvalue weighted by Crippen LogP contribution is 2.40. The summed E-state index contributed by atoms with van der Waals surface area (Å²) in [6, 6.07) is 18.5. The molecule has 0 radical (unpaired) electrons. The van der Waals surface area contributed by atoms with Crippen molar-refractivity contribution in [3.8, 4) is 34.1 Å². The van der Waals surface area contributed by atoms with Crippen LogP contribution < -0.4 is 24.4 Å². The number of alkyl halides is 3. The number of rotatable bonds is 7. The molecule has 214 valence electrons. The van der Waals surface area contributed by atoms with Crippen molar-refractivity contribution in [2.45, 2.75) is 6.18 Å². The van der Waals surface area contributed by atoms with Gasteiger partial charge in [0.15, 0.2) is 11.5 Å². The fraction of sp³-hybridized carbons (Fsp3) is 0.125. The monoisotopic (exact) mass is 576 g/mol. The number of hydrogen-bond acceptors (Lipinski definition) is 7. The molecule has 1 heterocycles. The van der Waals surface area contributed by atoms with E-state index in [2.05, 4.69) is 0 Å². The average Bonchev–Trinajstić information content (AvgIpc) is 2.98. The van der Waals surface area contributed by atoms with Crippen molar-refractivity contribution in [2.75, 3.05) is 21.3 Å². The van der Waals surface area contributed by atoms with Gasteiger partial charge in [0.25, 0.3) is 0 Å². The van der Waals surface area contributed by atoms with E-state index < -0.39 is 28.9 Å². The van der Waals surface area contributed by atoms with Crippen molar-refractivity contribution in [3.63, 3.8) is 0 Å². The van der Waals surface area contributed by atoms with Crippen molar-refractivity contribution < 1.29 is 41.3 Å². The van der Waals surface area contributed by atoms with Gasteiger partial charge in [-0.2, -0.15) is 13.2 Å². The van der Waals surface area contributed by atoms with Crippen LogP contribution in [0.5, 0.6) is 23.0 Å². The van der Waals surface area contributed by atoms with Crippen LogP contribution in [0, 0.1) is 0 Å². The molecular formula is C32H23F3O7. The van der Waals surface area contributed by atoms with Crippen LogP contribution in [0.15, 0.2) is 88.1 Å². The zero-order valence-electron chi connectivity index (χ0n) is 22.6. The molecule has 0 saturated carbocycles. The van der Waals surface area contributed by atoms with Crippen molar-refractivity contribution in [3.05, 3.63) is 100 Å². The summed E-state index contributed by atoms with van der Waals surface area (Å²) >= 11 is 0. The van der Waals surface area contributed by atoms with E-state index in [0.29, 0.717) is 33.6 Å². The third-order valence-electron chi connectivity index (χ3n) is 6.50. The van der Waals surface area contributed by atoms with Crippen LogP contribution in [-0.2, 0) is 11.0 Å². The summed E-state index contributed by atoms with van der Waals surface area (Å²) in [6.45, 7) is 0. The van der Waals surface area contributed by atoms with E-state index in [9.17, 15) is 22.8 Å². The second-order valence-corrected chi connectivity index (χ2v) is 9.03. The van der Waals surface area contributed by atoms with Gasteiger partial charge in [0.05, 0.1) is 32.3 Å². The number of carbonyl (C=O) groups excluding carboxylic acids is 1. The Morgan fingerprint density at radius 2 is 1.52 bits per heavy atom. The van der Waals surface area contributed by atoms with E-state index in [1.165, 1.54) is 45.6 Å². The normalized spacial score (nSPS) is 11.7. The fourth-order valence-corrected chi connectivity index (χ4v) is 4.64. The molecule has 0 aliphatic carbocycles. The average molecular weight is 577 g/mol. The van der Waals surface area contributed by atoms with Gasteiger partial charge < -0.3 is 23.4 Å². The van der Waals surface area contributed by atoms with E-state index in [1.807, 2.05) is 0 Å². The summed E-state index contributed by atoms with van der Waals surface area (Å²) in [7, 11) is 4.36. The van der Waals surface area contributed by atoms with Crippen LogP contribution >= 0.6 is 0 Å². The maximum atomic E-state index is 14.2. The van der Waals surface area contributed by atoms with Gasteiger partial charge in [0, 0.05) is 12.1 Å². The Morgan fingerprint density at radius 1 is 0.833 bits per heavy atom. The molecule has 0 bridgehead atoms. The lowest BCUT2D eigenvalue weighted by Gasteiger charge is -2.14. The first kappa shape index (κ1) is 28.3. The molecule has 1 aromatic heterocycles. The highest BCUT2D eigenvalue weighted by molar-refractivity contribution is 5.99. The maximum absolute atomic E-state index is 14.2. The summed E-state index contributed by atoms with van der Waals surface area (Å²) < 4.78 is 69.1. The zero-order chi connectivity index (χ0) is 30.0. The van der Waals surface area contributed by atoms with E-state index in [0.717, 1.165) is 12.1 Å². The largest absolute Gasteiger partial charge is 0.493 e. The Kier molecular flexibility index (Phi) is 7.62. The summed E-state index contributed by atoms with van der Waals surface area (Å²) in [4.78, 5) is 26.0. The van der Waals surface area contributed by atoms with E-state index >= 15 is 0 Å². The van der Waals surface area contributed by atoms with Crippen LogP contribution in [0.25, 0.3) is 38.9 Å². The van der Waals surface area contributed by atoms with Gasteiger partial charge in [-0.25, -0.2) is 4.79 Å². The molecular weight excluding hydrogens is 553 g/mol. The third-order valence-corrected chi connectivity index (χ3v) is 6.50. The van der Waals surface area contributed by atoms with Gasteiger partial charge in [0.1, 0.15) is 11.3 Å². The van der Waals surface area contributed by atoms with Crippen LogP contribution in [0.2, 0.25) is 0 Å². The molecule has 7 nitrogen and oxygen atoms in total. The molecule has 0 fully saturated rings. The minimum absolute atomic E-state index is 0.0984. The molecule has 0 aliphatic heterocycles. The number of carbonyl (C=O) groups is 1. The highest BCUT2D eigenvalue weighted by Gasteiger charge is 2.39. The molecule has 5 aromatic rings. The van der Waals surface area contributed by atoms with Gasteiger partial charge in [-0.3, -0.25) is 4.79 Å². The van der Waals surface area contributed by atoms with E-state index in [4.69, 9.17) is 23.4 Å². The molecule has 0 saturated heterocycles. The molecule has 0 spiro atoms. The third kappa shape index (κ3) is 5.38. The number of ether oxygens (including phenoxy) is 4. The Labute approximate surface area is 237 Å². The number of fused-ring (bicyclic) bond motifs is 2. The summed E-state index contributed by atoms with van der Waals surface area (Å²) in [5.74, 6) is -1.26.